The van der Waals surface area contributed by atoms with Gasteiger partial charge in [0.1, 0.15) is 10.8 Å². The molecule has 1 aromatic rings. The van der Waals surface area contributed by atoms with E-state index >= 15 is 0 Å². The molecule has 1 aliphatic carbocycles. The summed E-state index contributed by atoms with van der Waals surface area (Å²) in [5, 5.41) is 0.549. The molecular formula is C16H22ClNO2. The number of aryl methyl sites for hydroxylation is 2. The van der Waals surface area contributed by atoms with Crippen LogP contribution in [0.25, 0.3) is 0 Å². The van der Waals surface area contributed by atoms with Gasteiger partial charge < -0.3 is 4.74 Å². The molecule has 110 valence electrons. The molecule has 0 amide bonds. The average molecular weight is 296 g/mol. The summed E-state index contributed by atoms with van der Waals surface area (Å²) in [5.74, 6) is -0.0686. The maximum Gasteiger partial charge on any atom is 0.309 e. The van der Waals surface area contributed by atoms with Gasteiger partial charge >= 0.3 is 5.97 Å². The van der Waals surface area contributed by atoms with Gasteiger partial charge in [0.15, 0.2) is 0 Å². The van der Waals surface area contributed by atoms with E-state index in [1.807, 2.05) is 33.0 Å². The molecule has 0 spiro atoms. The quantitative estimate of drug-likeness (QED) is 0.581. The van der Waals surface area contributed by atoms with Gasteiger partial charge in [0.25, 0.3) is 0 Å². The van der Waals surface area contributed by atoms with Crippen molar-refractivity contribution in [1.29, 1.82) is 0 Å². The molecule has 1 aromatic heterocycles. The lowest BCUT2D eigenvalue weighted by Crippen LogP contribution is -2.29. The van der Waals surface area contributed by atoms with Crippen LogP contribution in [0.3, 0.4) is 0 Å². The van der Waals surface area contributed by atoms with Crippen molar-refractivity contribution in [2.24, 2.45) is 5.92 Å². The predicted octanol–water partition coefficient (Wildman–Crippen LogP) is 3.96. The molecule has 0 fully saturated rings. The van der Waals surface area contributed by atoms with Gasteiger partial charge in [-0.2, -0.15) is 0 Å². The second-order valence-corrected chi connectivity index (χ2v) is 6.82. The van der Waals surface area contributed by atoms with Crippen LogP contribution >= 0.6 is 11.6 Å². The highest BCUT2D eigenvalue weighted by Gasteiger charge is 2.26. The van der Waals surface area contributed by atoms with Gasteiger partial charge in [0.2, 0.25) is 0 Å². The Kier molecular flexibility index (Phi) is 4.69. The zero-order valence-corrected chi connectivity index (χ0v) is 13.2. The van der Waals surface area contributed by atoms with Gasteiger partial charge in [-0.15, -0.1) is 0 Å². The van der Waals surface area contributed by atoms with Crippen LogP contribution in [0.4, 0.5) is 0 Å². The summed E-state index contributed by atoms with van der Waals surface area (Å²) in [6.07, 6.45) is 6.35. The van der Waals surface area contributed by atoms with Gasteiger partial charge in [0, 0.05) is 6.20 Å². The molecule has 1 aliphatic rings. The first kappa shape index (κ1) is 15.3. The van der Waals surface area contributed by atoms with Gasteiger partial charge in [-0.05, 0) is 70.1 Å². The lowest BCUT2D eigenvalue weighted by molar-refractivity contribution is -0.160. The van der Waals surface area contributed by atoms with Crippen LogP contribution in [0.15, 0.2) is 12.3 Å². The van der Waals surface area contributed by atoms with Crippen molar-refractivity contribution < 1.29 is 9.53 Å². The number of aromatic nitrogens is 1. The molecule has 0 radical (unpaired) electrons. The predicted molar refractivity (Wildman–Crippen MR) is 79.8 cm³/mol. The Morgan fingerprint density at radius 2 is 2.05 bits per heavy atom. The van der Waals surface area contributed by atoms with Crippen LogP contribution in [0.1, 0.15) is 51.2 Å². The van der Waals surface area contributed by atoms with Gasteiger partial charge in [-0.1, -0.05) is 11.6 Å². The number of carbonyl (C=O) groups is 1. The van der Waals surface area contributed by atoms with Crippen LogP contribution in [-0.4, -0.2) is 16.6 Å². The third-order valence-corrected chi connectivity index (χ3v) is 3.76. The Hall–Kier alpha value is -1.09. The smallest absolute Gasteiger partial charge is 0.309 e. The van der Waals surface area contributed by atoms with E-state index in [0.717, 1.165) is 32.1 Å². The van der Waals surface area contributed by atoms with E-state index in [9.17, 15) is 4.79 Å². The summed E-state index contributed by atoms with van der Waals surface area (Å²) in [6, 6.07) is 1.95. The van der Waals surface area contributed by atoms with E-state index in [-0.39, 0.29) is 11.9 Å². The summed E-state index contributed by atoms with van der Waals surface area (Å²) < 4.78 is 5.50. The molecule has 20 heavy (non-hydrogen) atoms. The second kappa shape index (κ2) is 6.13. The van der Waals surface area contributed by atoms with Crippen molar-refractivity contribution in [1.82, 2.24) is 4.98 Å². The second-order valence-electron chi connectivity index (χ2n) is 6.44. The largest absolute Gasteiger partial charge is 0.460 e. The minimum atomic E-state index is -0.410. The molecule has 1 unspecified atom stereocenters. The molecule has 0 saturated heterocycles. The molecule has 0 aromatic carbocycles. The highest BCUT2D eigenvalue weighted by Crippen LogP contribution is 2.26. The monoisotopic (exact) mass is 295 g/mol. The highest BCUT2D eigenvalue weighted by molar-refractivity contribution is 6.29. The number of hydrogen-bond acceptors (Lipinski definition) is 3. The molecule has 2 rings (SSSR count). The number of halogens is 1. The minimum Gasteiger partial charge on any atom is -0.460 e. The van der Waals surface area contributed by atoms with Gasteiger partial charge in [0.05, 0.1) is 5.92 Å². The Bertz CT molecular complexity index is 494. The molecule has 4 heteroatoms. The van der Waals surface area contributed by atoms with Crippen molar-refractivity contribution in [3.8, 4) is 0 Å². The summed E-state index contributed by atoms with van der Waals surface area (Å²) in [4.78, 5) is 16.3. The zero-order chi connectivity index (χ0) is 14.8. The Morgan fingerprint density at radius 1 is 1.30 bits per heavy atom. The standard InChI is InChI=1S/C16H22ClNO2/c1-16(2,3)20-15(19)11-5-4-6-12-9-14(17)18-10-13(12)8-7-11/h9-11H,4-8H2,1-3H3. The van der Waals surface area contributed by atoms with Crippen LogP contribution in [-0.2, 0) is 22.4 Å². The summed E-state index contributed by atoms with van der Waals surface area (Å²) in [5.41, 5.74) is 2.07. The maximum atomic E-state index is 12.2. The lowest BCUT2D eigenvalue weighted by Gasteiger charge is -2.25. The van der Waals surface area contributed by atoms with Crippen molar-refractivity contribution in [3.05, 3.63) is 28.5 Å². The Labute approximate surface area is 125 Å². The number of nitrogens with zero attached hydrogens (tertiary/aromatic N) is 1. The molecular weight excluding hydrogens is 274 g/mol. The van der Waals surface area contributed by atoms with Crippen molar-refractivity contribution in [2.75, 3.05) is 0 Å². The number of hydrogen-bond donors (Lipinski definition) is 0. The molecule has 3 nitrogen and oxygen atoms in total. The highest BCUT2D eigenvalue weighted by atomic mass is 35.5. The molecule has 1 atom stereocenters. The van der Waals surface area contributed by atoms with Crippen molar-refractivity contribution in [2.45, 2.75) is 58.5 Å². The molecule has 1 heterocycles. The number of ether oxygens (including phenoxy) is 1. The number of esters is 1. The summed E-state index contributed by atoms with van der Waals surface area (Å²) in [6.45, 7) is 5.74. The molecule has 0 saturated carbocycles. The maximum absolute atomic E-state index is 12.2. The topological polar surface area (TPSA) is 39.2 Å². The van der Waals surface area contributed by atoms with Gasteiger partial charge in [-0.25, -0.2) is 4.98 Å². The van der Waals surface area contributed by atoms with Crippen LogP contribution < -0.4 is 0 Å². The van der Waals surface area contributed by atoms with Crippen molar-refractivity contribution >= 4 is 17.6 Å². The number of carbonyl (C=O) groups excluding carboxylic acids is 1. The van der Waals surface area contributed by atoms with Crippen LogP contribution in [0.2, 0.25) is 5.15 Å². The number of rotatable bonds is 1. The van der Waals surface area contributed by atoms with E-state index in [1.54, 1.807) is 0 Å². The Morgan fingerprint density at radius 3 is 2.75 bits per heavy atom. The molecule has 0 N–H and O–H groups in total. The lowest BCUT2D eigenvalue weighted by atomic mass is 9.88. The van der Waals surface area contributed by atoms with E-state index in [4.69, 9.17) is 16.3 Å². The summed E-state index contributed by atoms with van der Waals surface area (Å²) in [7, 11) is 0. The van der Waals surface area contributed by atoms with E-state index in [1.165, 1.54) is 11.1 Å². The minimum absolute atomic E-state index is 0.00180. The van der Waals surface area contributed by atoms with Crippen LogP contribution in [0, 0.1) is 5.92 Å². The fourth-order valence-corrected chi connectivity index (χ4v) is 2.77. The molecule has 0 bridgehead atoms. The van der Waals surface area contributed by atoms with E-state index in [2.05, 4.69) is 4.98 Å². The summed E-state index contributed by atoms with van der Waals surface area (Å²) >= 11 is 5.94. The van der Waals surface area contributed by atoms with Gasteiger partial charge in [-0.3, -0.25) is 4.79 Å². The van der Waals surface area contributed by atoms with E-state index in [0.29, 0.717) is 5.15 Å². The third kappa shape index (κ3) is 4.20. The molecule has 0 aliphatic heterocycles. The third-order valence-electron chi connectivity index (χ3n) is 3.55. The fourth-order valence-electron chi connectivity index (χ4n) is 2.59. The van der Waals surface area contributed by atoms with Crippen molar-refractivity contribution in [3.63, 3.8) is 0 Å². The van der Waals surface area contributed by atoms with E-state index < -0.39 is 5.60 Å². The Balaban J connectivity index is 2.05. The average Bonchev–Trinajstić information content (AvgIpc) is 2.29. The number of pyridine rings is 1. The number of fused-ring (bicyclic) bond motifs is 1. The van der Waals surface area contributed by atoms with Crippen LogP contribution in [0.5, 0.6) is 0 Å². The first-order chi connectivity index (χ1) is 9.35. The SMILES string of the molecule is CC(C)(C)OC(=O)C1CCCc2cc(Cl)ncc2CC1. The first-order valence-electron chi connectivity index (χ1n) is 7.21. The zero-order valence-electron chi connectivity index (χ0n) is 12.4. The fraction of sp³-hybridized carbons (Fsp3) is 0.625. The normalized spacial score (nSPS) is 19.7. The first-order valence-corrected chi connectivity index (χ1v) is 7.59.